The van der Waals surface area contributed by atoms with Crippen LogP contribution in [-0.2, 0) is 14.3 Å². The first-order valence-electron chi connectivity index (χ1n) is 8.64. The standard InChI is InChI=1S/C18H25N3O4/c1-13(2)21-11-18(12-24-9-15(21)22)10-20(7-8-25-18)17(23)16-14(3)5-4-6-19-16/h4-6,13H,7-12H2,1-3H3. The predicted molar refractivity (Wildman–Crippen MR) is 91.2 cm³/mol. The van der Waals surface area contributed by atoms with Crippen LogP contribution in [0, 0.1) is 6.92 Å². The van der Waals surface area contributed by atoms with Crippen LogP contribution in [0.5, 0.6) is 0 Å². The number of aromatic nitrogens is 1. The van der Waals surface area contributed by atoms with E-state index < -0.39 is 5.60 Å². The fraction of sp³-hybridized carbons (Fsp3) is 0.611. The Balaban J connectivity index is 1.81. The van der Waals surface area contributed by atoms with Crippen LogP contribution in [0.3, 0.4) is 0 Å². The van der Waals surface area contributed by atoms with E-state index in [2.05, 4.69) is 4.98 Å². The first kappa shape index (κ1) is 17.8. The summed E-state index contributed by atoms with van der Waals surface area (Å²) in [6.07, 6.45) is 1.63. The molecule has 1 unspecified atom stereocenters. The van der Waals surface area contributed by atoms with Gasteiger partial charge >= 0.3 is 0 Å². The van der Waals surface area contributed by atoms with Crippen molar-refractivity contribution in [2.45, 2.75) is 32.4 Å². The number of amides is 2. The maximum atomic E-state index is 12.9. The van der Waals surface area contributed by atoms with Crippen LogP contribution in [0.2, 0.25) is 0 Å². The molecule has 0 saturated carbocycles. The van der Waals surface area contributed by atoms with Crippen molar-refractivity contribution in [1.29, 1.82) is 0 Å². The third-order valence-corrected chi connectivity index (χ3v) is 4.74. The number of nitrogens with zero attached hydrogens (tertiary/aromatic N) is 3. The van der Waals surface area contributed by atoms with Gasteiger partial charge in [0.1, 0.15) is 17.9 Å². The lowest BCUT2D eigenvalue weighted by Crippen LogP contribution is -2.60. The molecule has 3 rings (SSSR count). The molecule has 0 radical (unpaired) electrons. The number of morpholine rings is 1. The van der Waals surface area contributed by atoms with Crippen molar-refractivity contribution in [2.75, 3.05) is 39.5 Å². The number of hydrogen-bond donors (Lipinski definition) is 0. The average Bonchev–Trinajstić information content (AvgIpc) is 2.74. The molecule has 3 heterocycles. The molecule has 2 fully saturated rings. The highest BCUT2D eigenvalue weighted by molar-refractivity contribution is 5.93. The summed E-state index contributed by atoms with van der Waals surface area (Å²) in [5, 5.41) is 0. The van der Waals surface area contributed by atoms with Crippen molar-refractivity contribution in [1.82, 2.24) is 14.8 Å². The molecule has 2 aliphatic rings. The Morgan fingerprint density at radius 3 is 2.88 bits per heavy atom. The zero-order chi connectivity index (χ0) is 18.0. The highest BCUT2D eigenvalue weighted by Crippen LogP contribution is 2.25. The fourth-order valence-electron chi connectivity index (χ4n) is 3.38. The molecular weight excluding hydrogens is 322 g/mol. The van der Waals surface area contributed by atoms with Crippen molar-refractivity contribution >= 4 is 11.8 Å². The minimum atomic E-state index is -0.687. The quantitative estimate of drug-likeness (QED) is 0.794. The Labute approximate surface area is 147 Å². The summed E-state index contributed by atoms with van der Waals surface area (Å²) in [6.45, 7) is 7.91. The Kier molecular flexibility index (Phi) is 5.06. The molecule has 25 heavy (non-hydrogen) atoms. The second kappa shape index (κ2) is 7.09. The van der Waals surface area contributed by atoms with Crippen molar-refractivity contribution in [2.24, 2.45) is 0 Å². The molecule has 0 aromatic carbocycles. The molecule has 2 amide bonds. The molecule has 1 aromatic heterocycles. The van der Waals surface area contributed by atoms with E-state index >= 15 is 0 Å². The highest BCUT2D eigenvalue weighted by atomic mass is 16.5. The van der Waals surface area contributed by atoms with E-state index in [-0.39, 0.29) is 24.5 Å². The van der Waals surface area contributed by atoms with E-state index in [1.807, 2.05) is 32.9 Å². The second-order valence-corrected chi connectivity index (χ2v) is 7.04. The third-order valence-electron chi connectivity index (χ3n) is 4.74. The van der Waals surface area contributed by atoms with Crippen molar-refractivity contribution < 1.29 is 19.1 Å². The normalized spacial score (nSPS) is 24.7. The van der Waals surface area contributed by atoms with Gasteiger partial charge in [-0.15, -0.1) is 0 Å². The van der Waals surface area contributed by atoms with Gasteiger partial charge in [0.15, 0.2) is 0 Å². The van der Waals surface area contributed by atoms with Gasteiger partial charge in [-0.1, -0.05) is 6.07 Å². The monoisotopic (exact) mass is 347 g/mol. The van der Waals surface area contributed by atoms with Crippen molar-refractivity contribution in [3.05, 3.63) is 29.6 Å². The molecule has 136 valence electrons. The summed E-state index contributed by atoms with van der Waals surface area (Å²) in [5.41, 5.74) is 0.627. The van der Waals surface area contributed by atoms with Gasteiger partial charge in [-0.05, 0) is 32.4 Å². The minimum Gasteiger partial charge on any atom is -0.368 e. The van der Waals surface area contributed by atoms with Gasteiger partial charge in [0.05, 0.1) is 26.3 Å². The molecule has 1 spiro atoms. The van der Waals surface area contributed by atoms with Crippen LogP contribution in [0.15, 0.2) is 18.3 Å². The average molecular weight is 347 g/mol. The summed E-state index contributed by atoms with van der Waals surface area (Å²) < 4.78 is 11.6. The van der Waals surface area contributed by atoms with Crippen LogP contribution in [0.1, 0.15) is 29.9 Å². The summed E-state index contributed by atoms with van der Waals surface area (Å²) in [4.78, 5) is 32.9. The summed E-state index contributed by atoms with van der Waals surface area (Å²) in [6, 6.07) is 3.75. The van der Waals surface area contributed by atoms with Crippen molar-refractivity contribution in [3.8, 4) is 0 Å². The second-order valence-electron chi connectivity index (χ2n) is 7.04. The lowest BCUT2D eigenvalue weighted by Gasteiger charge is -2.43. The number of aryl methyl sites for hydroxylation is 1. The summed E-state index contributed by atoms with van der Waals surface area (Å²) in [7, 11) is 0. The molecule has 2 aliphatic heterocycles. The number of carbonyl (C=O) groups excluding carboxylic acids is 2. The van der Waals surface area contributed by atoms with Gasteiger partial charge in [0.2, 0.25) is 5.91 Å². The predicted octanol–water partition coefficient (Wildman–Crippen LogP) is 0.868. The van der Waals surface area contributed by atoms with E-state index in [1.54, 1.807) is 16.0 Å². The first-order chi connectivity index (χ1) is 11.9. The van der Waals surface area contributed by atoms with Crippen LogP contribution in [0.25, 0.3) is 0 Å². The van der Waals surface area contributed by atoms with Crippen molar-refractivity contribution in [3.63, 3.8) is 0 Å². The van der Waals surface area contributed by atoms with Crippen LogP contribution in [0.4, 0.5) is 0 Å². The highest BCUT2D eigenvalue weighted by Gasteiger charge is 2.44. The molecule has 7 nitrogen and oxygen atoms in total. The molecule has 0 bridgehead atoms. The van der Waals surface area contributed by atoms with E-state index in [9.17, 15) is 9.59 Å². The Morgan fingerprint density at radius 1 is 1.36 bits per heavy atom. The van der Waals surface area contributed by atoms with Gasteiger partial charge in [0, 0.05) is 18.8 Å². The van der Waals surface area contributed by atoms with Gasteiger partial charge in [0.25, 0.3) is 5.91 Å². The number of pyridine rings is 1. The first-order valence-corrected chi connectivity index (χ1v) is 8.64. The number of ether oxygens (including phenoxy) is 2. The van der Waals surface area contributed by atoms with Crippen LogP contribution in [-0.4, -0.2) is 77.7 Å². The van der Waals surface area contributed by atoms with E-state index in [4.69, 9.17) is 9.47 Å². The Bertz CT molecular complexity index is 663. The van der Waals surface area contributed by atoms with Gasteiger partial charge in [-0.3, -0.25) is 14.6 Å². The fourth-order valence-corrected chi connectivity index (χ4v) is 3.38. The molecule has 1 atom stereocenters. The zero-order valence-corrected chi connectivity index (χ0v) is 15.0. The molecule has 2 saturated heterocycles. The van der Waals surface area contributed by atoms with Gasteiger partial charge in [-0.25, -0.2) is 0 Å². The van der Waals surface area contributed by atoms with Gasteiger partial charge < -0.3 is 19.3 Å². The number of rotatable bonds is 2. The van der Waals surface area contributed by atoms with Gasteiger partial charge in [-0.2, -0.15) is 0 Å². The maximum Gasteiger partial charge on any atom is 0.272 e. The number of carbonyl (C=O) groups is 2. The van der Waals surface area contributed by atoms with Crippen LogP contribution < -0.4 is 0 Å². The van der Waals surface area contributed by atoms with E-state index in [0.717, 1.165) is 5.56 Å². The largest absolute Gasteiger partial charge is 0.368 e. The Morgan fingerprint density at radius 2 is 2.16 bits per heavy atom. The molecule has 0 aliphatic carbocycles. The molecule has 7 heteroatoms. The SMILES string of the molecule is Cc1cccnc1C(=O)N1CCOC2(COCC(=O)N(C(C)C)C2)C1. The van der Waals surface area contributed by atoms with E-state index in [0.29, 0.717) is 38.5 Å². The molecule has 0 N–H and O–H groups in total. The molecular formula is C18H25N3O4. The lowest BCUT2D eigenvalue weighted by molar-refractivity contribution is -0.140. The topological polar surface area (TPSA) is 72.0 Å². The maximum absolute atomic E-state index is 12.9. The Hall–Kier alpha value is -1.99. The smallest absolute Gasteiger partial charge is 0.272 e. The third kappa shape index (κ3) is 3.67. The number of hydrogen-bond acceptors (Lipinski definition) is 5. The lowest BCUT2D eigenvalue weighted by atomic mass is 10.0. The molecule has 1 aromatic rings. The summed E-state index contributed by atoms with van der Waals surface area (Å²) >= 11 is 0. The van der Waals surface area contributed by atoms with E-state index in [1.165, 1.54) is 0 Å². The zero-order valence-electron chi connectivity index (χ0n) is 15.0. The minimum absolute atomic E-state index is 0.0421. The van der Waals surface area contributed by atoms with Crippen LogP contribution >= 0.6 is 0 Å². The summed E-state index contributed by atoms with van der Waals surface area (Å²) in [5.74, 6) is -0.146.